The van der Waals surface area contributed by atoms with E-state index in [9.17, 15) is 4.79 Å². The van der Waals surface area contributed by atoms with Gasteiger partial charge in [-0.3, -0.25) is 4.79 Å². The molecule has 0 aromatic carbocycles. The topological polar surface area (TPSA) is 83.6 Å². The third-order valence-electron chi connectivity index (χ3n) is 2.21. The molecule has 1 rings (SSSR count). The van der Waals surface area contributed by atoms with E-state index in [1.165, 1.54) is 0 Å². The number of pyridine rings is 1. The Morgan fingerprint density at radius 2 is 2.35 bits per heavy atom. The molecule has 0 unspecified atom stereocenters. The average Bonchev–Trinajstić information content (AvgIpc) is 2.36. The molecule has 1 aromatic heterocycles. The van der Waals surface area contributed by atoms with Gasteiger partial charge in [-0.2, -0.15) is 0 Å². The molecule has 0 aliphatic rings. The monoisotopic (exact) mass is 235 g/mol. The van der Waals surface area contributed by atoms with Gasteiger partial charge in [0.1, 0.15) is 12.4 Å². The molecule has 1 heterocycles. The number of aliphatic imine (C=N–C) groups is 1. The number of nitrogens with one attached hydrogen (secondary N) is 1. The summed E-state index contributed by atoms with van der Waals surface area (Å²) in [7, 11) is 1.72. The summed E-state index contributed by atoms with van der Waals surface area (Å²) in [4.78, 5) is 21.0. The second-order valence-corrected chi connectivity index (χ2v) is 3.45. The van der Waals surface area contributed by atoms with Gasteiger partial charge in [0, 0.05) is 19.8 Å². The maximum Gasteiger partial charge on any atom is 0.244 e. The Morgan fingerprint density at radius 1 is 1.59 bits per heavy atom. The van der Waals surface area contributed by atoms with Crippen molar-refractivity contribution in [3.05, 3.63) is 24.4 Å². The molecule has 0 aliphatic heterocycles. The van der Waals surface area contributed by atoms with Gasteiger partial charge in [-0.25, -0.2) is 9.98 Å². The summed E-state index contributed by atoms with van der Waals surface area (Å²) in [6, 6.07) is 5.40. The molecule has 0 saturated heterocycles. The van der Waals surface area contributed by atoms with Crippen molar-refractivity contribution in [2.75, 3.05) is 25.5 Å². The summed E-state index contributed by atoms with van der Waals surface area (Å²) in [6.45, 7) is 2.59. The van der Waals surface area contributed by atoms with Crippen LogP contribution >= 0.6 is 0 Å². The van der Waals surface area contributed by atoms with Gasteiger partial charge in [-0.15, -0.1) is 0 Å². The van der Waals surface area contributed by atoms with Crippen LogP contribution in [0.25, 0.3) is 0 Å². The Morgan fingerprint density at radius 3 is 2.94 bits per heavy atom. The summed E-state index contributed by atoms with van der Waals surface area (Å²) >= 11 is 0. The van der Waals surface area contributed by atoms with Crippen LogP contribution in [0.5, 0.6) is 0 Å². The Hall–Kier alpha value is -2.11. The predicted molar refractivity (Wildman–Crippen MR) is 67.7 cm³/mol. The maximum atomic E-state index is 11.5. The molecular weight excluding hydrogens is 218 g/mol. The lowest BCUT2D eigenvalue weighted by atomic mass is 10.5. The zero-order chi connectivity index (χ0) is 12.7. The summed E-state index contributed by atoms with van der Waals surface area (Å²) in [5.74, 6) is 0.713. The van der Waals surface area contributed by atoms with Crippen LogP contribution in [0, 0.1) is 0 Å². The van der Waals surface area contributed by atoms with Gasteiger partial charge < -0.3 is 16.0 Å². The van der Waals surface area contributed by atoms with Crippen molar-refractivity contribution in [1.82, 2.24) is 9.88 Å². The molecule has 0 fully saturated rings. The minimum atomic E-state index is -0.0710. The first-order chi connectivity index (χ1) is 8.13. The average molecular weight is 235 g/mol. The van der Waals surface area contributed by atoms with Crippen LogP contribution < -0.4 is 11.1 Å². The van der Waals surface area contributed by atoms with E-state index in [1.807, 2.05) is 13.0 Å². The Bertz CT molecular complexity index is 390. The number of rotatable bonds is 4. The van der Waals surface area contributed by atoms with E-state index in [0.29, 0.717) is 12.4 Å². The summed E-state index contributed by atoms with van der Waals surface area (Å²) < 4.78 is 0. The summed E-state index contributed by atoms with van der Waals surface area (Å²) in [5, 5.41) is 2.80. The van der Waals surface area contributed by atoms with Crippen LogP contribution in [0.15, 0.2) is 29.4 Å². The molecule has 0 spiro atoms. The number of carbonyl (C=O) groups excluding carboxylic acids is 1. The van der Waals surface area contributed by atoms with Crippen LogP contribution in [0.1, 0.15) is 6.92 Å². The first-order valence-corrected chi connectivity index (χ1v) is 5.35. The number of anilines is 1. The fourth-order valence-electron chi connectivity index (χ4n) is 1.06. The molecule has 0 bridgehead atoms. The van der Waals surface area contributed by atoms with Gasteiger partial charge in [0.2, 0.25) is 5.91 Å². The number of amides is 1. The van der Waals surface area contributed by atoms with Crippen LogP contribution in [0.2, 0.25) is 0 Å². The molecule has 0 aliphatic carbocycles. The summed E-state index contributed by atoms with van der Waals surface area (Å²) in [6.07, 6.45) is 1.64. The van der Waals surface area contributed by atoms with Crippen LogP contribution in [-0.4, -0.2) is 41.9 Å². The molecule has 17 heavy (non-hydrogen) atoms. The minimum Gasteiger partial charge on any atom is -0.370 e. The van der Waals surface area contributed by atoms with Crippen molar-refractivity contribution in [3.63, 3.8) is 0 Å². The normalized spacial score (nSPS) is 11.1. The first-order valence-electron chi connectivity index (χ1n) is 5.35. The standard InChI is InChI=1S/C11H17N5O/c1-3-16(2)10(17)8-14-11(12)15-9-6-4-5-7-13-9/h4-7H,3,8H2,1-2H3,(H3,12,13,14,15). The molecule has 6 heteroatoms. The predicted octanol–water partition coefficient (Wildman–Crippen LogP) is 0.286. The molecule has 0 atom stereocenters. The third kappa shape index (κ3) is 4.50. The van der Waals surface area contributed by atoms with Gasteiger partial charge in [0.15, 0.2) is 5.96 Å². The van der Waals surface area contributed by atoms with Gasteiger partial charge in [0.05, 0.1) is 0 Å². The van der Waals surface area contributed by atoms with E-state index in [-0.39, 0.29) is 18.4 Å². The lowest BCUT2D eigenvalue weighted by Gasteiger charge is -2.12. The molecule has 6 nitrogen and oxygen atoms in total. The van der Waals surface area contributed by atoms with Crippen LogP contribution in [0.3, 0.4) is 0 Å². The molecule has 1 amide bonds. The molecule has 3 N–H and O–H groups in total. The van der Waals surface area contributed by atoms with Crippen molar-refractivity contribution >= 4 is 17.7 Å². The second kappa shape index (κ2) is 6.47. The van der Waals surface area contributed by atoms with Gasteiger partial charge in [-0.1, -0.05) is 6.07 Å². The fourth-order valence-corrected chi connectivity index (χ4v) is 1.06. The number of likely N-dealkylation sites (N-methyl/N-ethyl adjacent to an activating group) is 1. The van der Waals surface area contributed by atoms with E-state index in [4.69, 9.17) is 5.73 Å². The Kier molecular flexibility index (Phi) is 4.93. The fraction of sp³-hybridized carbons (Fsp3) is 0.364. The Balaban J connectivity index is 2.48. The van der Waals surface area contributed by atoms with Crippen molar-refractivity contribution < 1.29 is 4.79 Å². The number of aromatic nitrogens is 1. The Labute approximate surface area is 101 Å². The van der Waals surface area contributed by atoms with Crippen molar-refractivity contribution in [2.24, 2.45) is 10.7 Å². The smallest absolute Gasteiger partial charge is 0.244 e. The maximum absolute atomic E-state index is 11.5. The first kappa shape index (κ1) is 13.0. The van der Waals surface area contributed by atoms with Gasteiger partial charge in [0.25, 0.3) is 0 Å². The highest BCUT2D eigenvalue weighted by Gasteiger charge is 2.05. The molecular formula is C11H17N5O. The highest BCUT2D eigenvalue weighted by atomic mass is 16.2. The number of nitrogens with zero attached hydrogens (tertiary/aromatic N) is 3. The van der Waals surface area contributed by atoms with E-state index in [0.717, 1.165) is 0 Å². The number of hydrogen-bond donors (Lipinski definition) is 2. The number of hydrogen-bond acceptors (Lipinski definition) is 3. The number of nitrogens with two attached hydrogens (primary N) is 1. The number of guanidine groups is 1. The van der Waals surface area contributed by atoms with E-state index in [1.54, 1.807) is 30.3 Å². The van der Waals surface area contributed by atoms with E-state index in [2.05, 4.69) is 15.3 Å². The molecule has 0 radical (unpaired) electrons. The lowest BCUT2D eigenvalue weighted by molar-refractivity contribution is -0.128. The van der Waals surface area contributed by atoms with Crippen LogP contribution in [0.4, 0.5) is 5.82 Å². The van der Waals surface area contributed by atoms with Crippen molar-refractivity contribution in [2.45, 2.75) is 6.92 Å². The van der Waals surface area contributed by atoms with E-state index >= 15 is 0 Å². The zero-order valence-corrected chi connectivity index (χ0v) is 10.1. The minimum absolute atomic E-state index is 0.0377. The van der Waals surface area contributed by atoms with Crippen molar-refractivity contribution in [1.29, 1.82) is 0 Å². The molecule has 1 aromatic rings. The van der Waals surface area contributed by atoms with Crippen LogP contribution in [-0.2, 0) is 4.79 Å². The van der Waals surface area contributed by atoms with Crippen molar-refractivity contribution in [3.8, 4) is 0 Å². The lowest BCUT2D eigenvalue weighted by Crippen LogP contribution is -2.30. The molecule has 92 valence electrons. The zero-order valence-electron chi connectivity index (χ0n) is 10.1. The second-order valence-electron chi connectivity index (χ2n) is 3.45. The highest BCUT2D eigenvalue weighted by Crippen LogP contribution is 1.98. The van der Waals surface area contributed by atoms with Gasteiger partial charge >= 0.3 is 0 Å². The summed E-state index contributed by atoms with van der Waals surface area (Å²) in [5.41, 5.74) is 5.62. The quantitative estimate of drug-likeness (QED) is 0.580. The highest BCUT2D eigenvalue weighted by molar-refractivity contribution is 5.93. The van der Waals surface area contributed by atoms with E-state index < -0.39 is 0 Å². The van der Waals surface area contributed by atoms with Gasteiger partial charge in [-0.05, 0) is 19.1 Å². The molecule has 0 saturated carbocycles. The third-order valence-corrected chi connectivity index (χ3v) is 2.21. The number of carbonyl (C=O) groups is 1. The SMILES string of the molecule is CCN(C)C(=O)CN=C(N)Nc1ccccn1. The largest absolute Gasteiger partial charge is 0.370 e.